The molecule has 26 heavy (non-hydrogen) atoms. The van der Waals surface area contributed by atoms with Gasteiger partial charge in [0, 0.05) is 11.1 Å². The van der Waals surface area contributed by atoms with Gasteiger partial charge in [0.25, 0.3) is 0 Å². The van der Waals surface area contributed by atoms with Gasteiger partial charge in [-0.15, -0.1) is 0 Å². The lowest BCUT2D eigenvalue weighted by Gasteiger charge is -2.44. The summed E-state index contributed by atoms with van der Waals surface area (Å²) in [4.78, 5) is 0. The van der Waals surface area contributed by atoms with E-state index in [1.54, 1.807) is 14.2 Å². The number of para-hydroxylation sites is 2. The first-order valence-corrected chi connectivity index (χ1v) is 8.81. The molecule has 2 aliphatic heterocycles. The monoisotopic (exact) mass is 356 g/mol. The van der Waals surface area contributed by atoms with E-state index >= 15 is 0 Å². The van der Waals surface area contributed by atoms with Gasteiger partial charge in [0.2, 0.25) is 0 Å². The molecule has 0 bridgehead atoms. The summed E-state index contributed by atoms with van der Waals surface area (Å²) in [6.45, 7) is 1.19. The minimum absolute atomic E-state index is 0.157. The Morgan fingerprint density at radius 3 is 1.58 bits per heavy atom. The molecule has 0 amide bonds. The number of hydrogen-bond acceptors (Lipinski definition) is 6. The fourth-order valence-corrected chi connectivity index (χ4v) is 3.57. The Labute approximate surface area is 153 Å². The zero-order valence-electron chi connectivity index (χ0n) is 15.0. The summed E-state index contributed by atoms with van der Waals surface area (Å²) < 4.78 is 23.1. The minimum atomic E-state index is -0.208. The summed E-state index contributed by atoms with van der Waals surface area (Å²) in [6.07, 6.45) is -0.416. The van der Waals surface area contributed by atoms with E-state index in [9.17, 15) is 0 Å². The van der Waals surface area contributed by atoms with Crippen LogP contribution in [0.5, 0.6) is 11.5 Å². The Hall–Kier alpha value is -2.12. The highest BCUT2D eigenvalue weighted by atomic mass is 16.5. The van der Waals surface area contributed by atoms with E-state index in [4.69, 9.17) is 18.9 Å². The van der Waals surface area contributed by atoms with Crippen LogP contribution in [0.2, 0.25) is 0 Å². The lowest BCUT2D eigenvalue weighted by atomic mass is 10.0. The second kappa shape index (κ2) is 7.63. The van der Waals surface area contributed by atoms with Crippen molar-refractivity contribution in [3.05, 3.63) is 59.7 Å². The largest absolute Gasteiger partial charge is 0.496 e. The van der Waals surface area contributed by atoms with Crippen molar-refractivity contribution < 1.29 is 18.9 Å². The van der Waals surface area contributed by atoms with Crippen molar-refractivity contribution >= 4 is 0 Å². The maximum atomic E-state index is 6.08. The SMILES string of the molecule is COc1ccccc1C1N[C@@H]2COC(c3ccccc3OC)N[C@@H]2CO1. The average molecular weight is 356 g/mol. The van der Waals surface area contributed by atoms with Crippen molar-refractivity contribution in [2.75, 3.05) is 27.4 Å². The van der Waals surface area contributed by atoms with Crippen molar-refractivity contribution in [2.24, 2.45) is 0 Å². The van der Waals surface area contributed by atoms with Crippen LogP contribution >= 0.6 is 0 Å². The molecule has 2 aliphatic rings. The Kier molecular flexibility index (Phi) is 5.08. The number of fused-ring (bicyclic) bond motifs is 1. The highest BCUT2D eigenvalue weighted by Gasteiger charge is 2.38. The van der Waals surface area contributed by atoms with Gasteiger partial charge in [0.15, 0.2) is 0 Å². The van der Waals surface area contributed by atoms with Gasteiger partial charge in [0.1, 0.15) is 24.0 Å². The fourth-order valence-electron chi connectivity index (χ4n) is 3.57. The third-order valence-corrected chi connectivity index (χ3v) is 4.94. The molecule has 2 unspecified atom stereocenters. The number of benzene rings is 2. The zero-order chi connectivity index (χ0) is 17.9. The molecule has 0 spiro atoms. The Morgan fingerprint density at radius 2 is 1.15 bits per heavy atom. The molecule has 0 aliphatic carbocycles. The van der Waals surface area contributed by atoms with Crippen LogP contribution in [-0.2, 0) is 9.47 Å². The molecule has 2 N–H and O–H groups in total. The minimum Gasteiger partial charge on any atom is -0.496 e. The third kappa shape index (κ3) is 3.29. The van der Waals surface area contributed by atoms with E-state index < -0.39 is 0 Å². The van der Waals surface area contributed by atoms with Gasteiger partial charge in [-0.2, -0.15) is 0 Å². The summed E-state index contributed by atoms with van der Waals surface area (Å²) in [6, 6.07) is 16.1. The summed E-state index contributed by atoms with van der Waals surface area (Å²) in [7, 11) is 3.35. The van der Waals surface area contributed by atoms with Gasteiger partial charge < -0.3 is 18.9 Å². The molecule has 6 heteroatoms. The summed E-state index contributed by atoms with van der Waals surface area (Å²) in [5.74, 6) is 1.64. The Balaban J connectivity index is 1.46. The molecule has 2 aromatic rings. The number of nitrogens with one attached hydrogen (secondary N) is 2. The first-order chi connectivity index (χ1) is 12.8. The zero-order valence-corrected chi connectivity index (χ0v) is 15.0. The van der Waals surface area contributed by atoms with Crippen molar-refractivity contribution in [1.29, 1.82) is 0 Å². The van der Waals surface area contributed by atoms with E-state index in [0.29, 0.717) is 13.2 Å². The van der Waals surface area contributed by atoms with Crippen molar-refractivity contribution in [3.63, 3.8) is 0 Å². The van der Waals surface area contributed by atoms with Gasteiger partial charge in [-0.3, -0.25) is 10.6 Å². The maximum Gasteiger partial charge on any atom is 0.138 e. The van der Waals surface area contributed by atoms with Crippen molar-refractivity contribution in [2.45, 2.75) is 24.5 Å². The molecular weight excluding hydrogens is 332 g/mol. The maximum absolute atomic E-state index is 6.08. The lowest BCUT2D eigenvalue weighted by Crippen LogP contribution is -2.62. The van der Waals surface area contributed by atoms with Gasteiger partial charge in [0.05, 0.1) is 39.5 Å². The number of rotatable bonds is 4. The molecule has 0 saturated carbocycles. The standard InChI is InChI=1S/C20H24N2O4/c1-23-17-9-5-3-7-13(17)19-21-15-12-26-20(22-16(15)11-25-19)14-8-4-6-10-18(14)24-2/h3-10,15-16,19-22H,11-12H2,1-2H3/t15-,16-,19?,20?/m1/s1. The number of methoxy groups -OCH3 is 2. The second-order valence-electron chi connectivity index (χ2n) is 6.46. The first kappa shape index (κ1) is 17.3. The molecular formula is C20H24N2O4. The number of hydrogen-bond donors (Lipinski definition) is 2. The smallest absolute Gasteiger partial charge is 0.138 e. The molecule has 0 aromatic heterocycles. The second-order valence-corrected chi connectivity index (χ2v) is 6.46. The van der Waals surface area contributed by atoms with E-state index in [0.717, 1.165) is 22.6 Å². The fraction of sp³-hybridized carbons (Fsp3) is 0.400. The van der Waals surface area contributed by atoms with Gasteiger partial charge >= 0.3 is 0 Å². The summed E-state index contributed by atoms with van der Waals surface area (Å²) in [5.41, 5.74) is 2.00. The lowest BCUT2D eigenvalue weighted by molar-refractivity contribution is -0.116. The molecule has 4 atom stereocenters. The molecule has 2 fully saturated rings. The predicted molar refractivity (Wildman–Crippen MR) is 97.2 cm³/mol. The van der Waals surface area contributed by atoms with Crippen LogP contribution in [0.1, 0.15) is 23.6 Å². The van der Waals surface area contributed by atoms with Crippen LogP contribution in [0.15, 0.2) is 48.5 Å². The van der Waals surface area contributed by atoms with E-state index in [1.807, 2.05) is 48.5 Å². The van der Waals surface area contributed by atoms with E-state index in [1.165, 1.54) is 0 Å². The third-order valence-electron chi connectivity index (χ3n) is 4.94. The van der Waals surface area contributed by atoms with Crippen LogP contribution in [0, 0.1) is 0 Å². The average Bonchev–Trinajstić information content (AvgIpc) is 2.73. The van der Waals surface area contributed by atoms with Crippen LogP contribution in [-0.4, -0.2) is 39.5 Å². The molecule has 6 nitrogen and oxygen atoms in total. The highest BCUT2D eigenvalue weighted by molar-refractivity contribution is 5.36. The van der Waals surface area contributed by atoms with E-state index in [2.05, 4.69) is 10.6 Å². The Morgan fingerprint density at radius 1 is 0.731 bits per heavy atom. The molecule has 2 aromatic carbocycles. The quantitative estimate of drug-likeness (QED) is 0.877. The molecule has 4 rings (SSSR count). The van der Waals surface area contributed by atoms with Crippen LogP contribution in [0.3, 0.4) is 0 Å². The van der Waals surface area contributed by atoms with Crippen LogP contribution in [0.25, 0.3) is 0 Å². The number of ether oxygens (including phenoxy) is 4. The predicted octanol–water partition coefficient (Wildman–Crippen LogP) is 2.38. The first-order valence-electron chi connectivity index (χ1n) is 8.81. The molecule has 2 saturated heterocycles. The van der Waals surface area contributed by atoms with Gasteiger partial charge in [-0.1, -0.05) is 36.4 Å². The van der Waals surface area contributed by atoms with Crippen LogP contribution < -0.4 is 20.1 Å². The highest BCUT2D eigenvalue weighted by Crippen LogP contribution is 2.33. The Bertz CT molecular complexity index is 691. The van der Waals surface area contributed by atoms with Gasteiger partial charge in [-0.25, -0.2) is 0 Å². The van der Waals surface area contributed by atoms with Crippen LogP contribution in [0.4, 0.5) is 0 Å². The van der Waals surface area contributed by atoms with Crippen molar-refractivity contribution in [1.82, 2.24) is 10.6 Å². The topological polar surface area (TPSA) is 61.0 Å². The molecule has 2 heterocycles. The van der Waals surface area contributed by atoms with E-state index in [-0.39, 0.29) is 24.5 Å². The molecule has 0 radical (unpaired) electrons. The normalized spacial score (nSPS) is 28.2. The van der Waals surface area contributed by atoms with Crippen molar-refractivity contribution in [3.8, 4) is 11.5 Å². The summed E-state index contributed by atoms with van der Waals surface area (Å²) >= 11 is 0. The molecule has 138 valence electrons. The summed E-state index contributed by atoms with van der Waals surface area (Å²) in [5, 5.41) is 7.05. The van der Waals surface area contributed by atoms with Gasteiger partial charge in [-0.05, 0) is 12.1 Å².